The van der Waals surface area contributed by atoms with Crippen LogP contribution in [0.1, 0.15) is 13.8 Å². The van der Waals surface area contributed by atoms with Gasteiger partial charge in [-0.3, -0.25) is 0 Å². The summed E-state index contributed by atoms with van der Waals surface area (Å²) in [6.07, 6.45) is -0.975. The van der Waals surface area contributed by atoms with Gasteiger partial charge in [-0.05, 0) is 12.0 Å². The van der Waals surface area contributed by atoms with Crippen LogP contribution in [0.2, 0.25) is 25.7 Å². The van der Waals surface area contributed by atoms with Crippen molar-refractivity contribution in [2.45, 2.75) is 45.6 Å². The van der Waals surface area contributed by atoms with Gasteiger partial charge in [0.15, 0.2) is 6.10 Å². The normalized spacial score (nSPS) is 14.2. The Morgan fingerprint density at radius 3 is 2.21 bits per heavy atom. The summed E-state index contributed by atoms with van der Waals surface area (Å²) in [6.45, 7) is 10.7. The second kappa shape index (κ2) is 5.51. The number of hydrogen-bond acceptors (Lipinski definition) is 3. The molecule has 0 unspecified atom stereocenters. The first-order valence-corrected chi connectivity index (χ1v) is 8.79. The summed E-state index contributed by atoms with van der Waals surface area (Å²) >= 11 is 0. The Balaban J connectivity index is 3.75. The fourth-order valence-corrected chi connectivity index (χ4v) is 1.53. The summed E-state index contributed by atoms with van der Waals surface area (Å²) in [5.74, 6) is -0.562. The standard InChI is InChI=1S/C10H22O3Si/c1-8(2)9(11)10(12)13-6-7-14(3,4)5/h8-9,11H,6-7H2,1-5H3/t9-/m0/s1. The molecule has 0 aromatic rings. The Morgan fingerprint density at radius 2 is 1.86 bits per heavy atom. The van der Waals surface area contributed by atoms with E-state index in [1.165, 1.54) is 0 Å². The minimum Gasteiger partial charge on any atom is -0.464 e. The number of aliphatic hydroxyl groups is 1. The SMILES string of the molecule is CC(C)[C@H](O)C(=O)OCC[Si](C)(C)C. The van der Waals surface area contributed by atoms with Crippen LogP contribution in [0.3, 0.4) is 0 Å². The van der Waals surface area contributed by atoms with Crippen molar-refractivity contribution in [2.24, 2.45) is 5.92 Å². The zero-order chi connectivity index (χ0) is 11.4. The zero-order valence-electron chi connectivity index (χ0n) is 9.83. The van der Waals surface area contributed by atoms with Gasteiger partial charge in [-0.2, -0.15) is 0 Å². The van der Waals surface area contributed by atoms with Crippen LogP contribution in [0, 0.1) is 5.92 Å². The molecule has 0 saturated heterocycles. The highest BCUT2D eigenvalue weighted by atomic mass is 28.3. The largest absolute Gasteiger partial charge is 0.464 e. The summed E-state index contributed by atoms with van der Waals surface area (Å²) in [5, 5.41) is 9.36. The number of carbonyl (C=O) groups excluding carboxylic acids is 1. The molecule has 1 N–H and O–H groups in total. The summed E-state index contributed by atoms with van der Waals surface area (Å²) in [6, 6.07) is 0.948. The lowest BCUT2D eigenvalue weighted by atomic mass is 10.1. The Labute approximate surface area is 87.5 Å². The monoisotopic (exact) mass is 218 g/mol. The van der Waals surface area contributed by atoms with Crippen molar-refractivity contribution in [3.63, 3.8) is 0 Å². The van der Waals surface area contributed by atoms with Crippen molar-refractivity contribution in [1.82, 2.24) is 0 Å². The highest BCUT2D eigenvalue weighted by Crippen LogP contribution is 2.09. The predicted octanol–water partition coefficient (Wildman–Crippen LogP) is 1.88. The summed E-state index contributed by atoms with van der Waals surface area (Å²) in [5.41, 5.74) is 0. The first-order valence-electron chi connectivity index (χ1n) is 5.09. The molecule has 14 heavy (non-hydrogen) atoms. The molecule has 0 aromatic carbocycles. The van der Waals surface area contributed by atoms with Crippen LogP contribution in [-0.4, -0.2) is 31.9 Å². The summed E-state index contributed by atoms with van der Waals surface area (Å²) < 4.78 is 4.99. The van der Waals surface area contributed by atoms with Crippen molar-refractivity contribution in [2.75, 3.05) is 6.61 Å². The van der Waals surface area contributed by atoms with Gasteiger partial charge in [0.2, 0.25) is 0 Å². The van der Waals surface area contributed by atoms with E-state index in [9.17, 15) is 9.90 Å². The van der Waals surface area contributed by atoms with Crippen LogP contribution in [0.15, 0.2) is 0 Å². The molecule has 0 saturated carbocycles. The number of hydrogen-bond donors (Lipinski definition) is 1. The summed E-state index contributed by atoms with van der Waals surface area (Å²) in [4.78, 5) is 11.2. The number of aliphatic hydroxyl groups excluding tert-OH is 1. The molecular formula is C10H22O3Si. The highest BCUT2D eigenvalue weighted by molar-refractivity contribution is 6.76. The molecule has 84 valence electrons. The first-order chi connectivity index (χ1) is 6.24. The lowest BCUT2D eigenvalue weighted by Crippen LogP contribution is -2.30. The Bertz CT molecular complexity index is 184. The average Bonchev–Trinajstić information content (AvgIpc) is 2.00. The third-order valence-corrected chi connectivity index (χ3v) is 3.67. The highest BCUT2D eigenvalue weighted by Gasteiger charge is 2.21. The Kier molecular flexibility index (Phi) is 5.37. The maximum Gasteiger partial charge on any atom is 0.335 e. The smallest absolute Gasteiger partial charge is 0.335 e. The molecule has 0 heterocycles. The van der Waals surface area contributed by atoms with E-state index >= 15 is 0 Å². The van der Waals surface area contributed by atoms with Crippen LogP contribution >= 0.6 is 0 Å². The minimum absolute atomic E-state index is 0.0746. The fourth-order valence-electron chi connectivity index (χ4n) is 0.815. The van der Waals surface area contributed by atoms with E-state index in [0.717, 1.165) is 6.04 Å². The topological polar surface area (TPSA) is 46.5 Å². The van der Waals surface area contributed by atoms with E-state index in [2.05, 4.69) is 19.6 Å². The minimum atomic E-state index is -1.14. The first kappa shape index (κ1) is 13.6. The lowest BCUT2D eigenvalue weighted by molar-refractivity contribution is -0.155. The molecule has 0 rings (SSSR count). The van der Waals surface area contributed by atoms with E-state index in [-0.39, 0.29) is 5.92 Å². The van der Waals surface area contributed by atoms with E-state index in [1.54, 1.807) is 13.8 Å². The molecule has 0 aromatic heterocycles. The van der Waals surface area contributed by atoms with E-state index in [4.69, 9.17) is 4.74 Å². The van der Waals surface area contributed by atoms with E-state index < -0.39 is 20.1 Å². The van der Waals surface area contributed by atoms with Gasteiger partial charge in [0.1, 0.15) is 0 Å². The van der Waals surface area contributed by atoms with Crippen LogP contribution < -0.4 is 0 Å². The fraction of sp³-hybridized carbons (Fsp3) is 0.900. The van der Waals surface area contributed by atoms with Gasteiger partial charge in [-0.15, -0.1) is 0 Å². The van der Waals surface area contributed by atoms with Gasteiger partial charge in [0.05, 0.1) is 6.61 Å². The van der Waals surface area contributed by atoms with Gasteiger partial charge < -0.3 is 9.84 Å². The molecule has 0 aliphatic heterocycles. The molecule has 3 nitrogen and oxygen atoms in total. The summed E-state index contributed by atoms with van der Waals surface area (Å²) in [7, 11) is -1.14. The third-order valence-electron chi connectivity index (χ3n) is 1.97. The predicted molar refractivity (Wildman–Crippen MR) is 60.0 cm³/mol. The van der Waals surface area contributed by atoms with Gasteiger partial charge in [-0.25, -0.2) is 4.79 Å². The van der Waals surface area contributed by atoms with Crippen molar-refractivity contribution in [3.8, 4) is 0 Å². The lowest BCUT2D eigenvalue weighted by Gasteiger charge is -2.17. The second-order valence-corrected chi connectivity index (χ2v) is 10.8. The molecule has 0 spiro atoms. The Hall–Kier alpha value is -0.353. The Morgan fingerprint density at radius 1 is 1.36 bits per heavy atom. The molecule has 0 amide bonds. The maximum absolute atomic E-state index is 11.2. The molecule has 0 aliphatic rings. The molecule has 0 bridgehead atoms. The quantitative estimate of drug-likeness (QED) is 0.566. The van der Waals surface area contributed by atoms with Crippen LogP contribution in [-0.2, 0) is 9.53 Å². The molecular weight excluding hydrogens is 196 g/mol. The van der Waals surface area contributed by atoms with Crippen molar-refractivity contribution < 1.29 is 14.6 Å². The van der Waals surface area contributed by atoms with Crippen LogP contribution in [0.5, 0.6) is 0 Å². The average molecular weight is 218 g/mol. The molecule has 0 radical (unpaired) electrons. The van der Waals surface area contributed by atoms with Gasteiger partial charge in [0.25, 0.3) is 0 Å². The third kappa shape index (κ3) is 6.15. The zero-order valence-corrected chi connectivity index (χ0v) is 10.8. The van der Waals surface area contributed by atoms with Gasteiger partial charge in [-0.1, -0.05) is 33.5 Å². The van der Waals surface area contributed by atoms with Crippen molar-refractivity contribution in [1.29, 1.82) is 0 Å². The van der Waals surface area contributed by atoms with Crippen molar-refractivity contribution >= 4 is 14.0 Å². The van der Waals surface area contributed by atoms with Crippen molar-refractivity contribution in [3.05, 3.63) is 0 Å². The number of carbonyl (C=O) groups is 1. The number of rotatable bonds is 5. The van der Waals surface area contributed by atoms with E-state index in [1.807, 2.05) is 0 Å². The maximum atomic E-state index is 11.2. The molecule has 0 fully saturated rings. The van der Waals surface area contributed by atoms with Crippen LogP contribution in [0.4, 0.5) is 0 Å². The molecule has 1 atom stereocenters. The molecule has 4 heteroatoms. The molecule has 0 aliphatic carbocycles. The van der Waals surface area contributed by atoms with Gasteiger partial charge in [0, 0.05) is 8.07 Å². The van der Waals surface area contributed by atoms with Gasteiger partial charge >= 0.3 is 5.97 Å². The number of esters is 1. The van der Waals surface area contributed by atoms with Crippen LogP contribution in [0.25, 0.3) is 0 Å². The number of ether oxygens (including phenoxy) is 1. The second-order valence-electron chi connectivity index (χ2n) is 5.17. The van der Waals surface area contributed by atoms with E-state index in [0.29, 0.717) is 6.61 Å².